The van der Waals surface area contributed by atoms with Crippen LogP contribution in [-0.2, 0) is 23.5 Å². The zero-order chi connectivity index (χ0) is 20.8. The van der Waals surface area contributed by atoms with Crippen LogP contribution < -0.4 is 0 Å². The Balaban J connectivity index is 4.95. The second kappa shape index (κ2) is 9.85. The molecule has 1 atom stereocenters. The minimum Gasteiger partial charge on any atom is -0.468 e. The lowest BCUT2D eigenvalue weighted by molar-refractivity contribution is -0.155. The molecule has 0 rings (SSSR count). The van der Waals surface area contributed by atoms with Crippen molar-refractivity contribution in [1.29, 1.82) is 0 Å². The van der Waals surface area contributed by atoms with Crippen LogP contribution >= 0.6 is 0 Å². The zero-order valence-electron chi connectivity index (χ0n) is 18.4. The molecule has 0 bridgehead atoms. The van der Waals surface area contributed by atoms with Gasteiger partial charge in [-0.2, -0.15) is 0 Å². The van der Waals surface area contributed by atoms with Crippen LogP contribution in [-0.4, -0.2) is 64.1 Å². The lowest BCUT2D eigenvalue weighted by Gasteiger charge is -2.38. The lowest BCUT2D eigenvalue weighted by atomic mass is 10.1. The molecule has 0 heterocycles. The van der Waals surface area contributed by atoms with E-state index in [4.69, 9.17) is 13.9 Å². The lowest BCUT2D eigenvalue weighted by Crippen LogP contribution is -2.46. The largest absolute Gasteiger partial charge is 0.468 e. The number of ether oxygens (including phenoxy) is 2. The molecule has 26 heavy (non-hydrogen) atoms. The van der Waals surface area contributed by atoms with Gasteiger partial charge in [0.15, 0.2) is 8.32 Å². The molecule has 0 saturated heterocycles. The van der Waals surface area contributed by atoms with Crippen molar-refractivity contribution in [1.82, 2.24) is 4.90 Å². The van der Waals surface area contributed by atoms with E-state index in [1.54, 1.807) is 0 Å². The first-order valence-corrected chi connectivity index (χ1v) is 12.1. The monoisotopic (exact) mass is 389 g/mol. The molecule has 0 fully saturated rings. The number of carbonyl (C=O) groups is 2. The molecular weight excluding hydrogens is 350 g/mol. The van der Waals surface area contributed by atoms with E-state index in [0.29, 0.717) is 13.0 Å². The summed E-state index contributed by atoms with van der Waals surface area (Å²) in [5, 5.41) is 0.101. The van der Waals surface area contributed by atoms with Gasteiger partial charge in [0.05, 0.1) is 13.7 Å². The summed E-state index contributed by atoms with van der Waals surface area (Å²) >= 11 is 0. The van der Waals surface area contributed by atoms with Gasteiger partial charge in [-0.3, -0.25) is 14.5 Å². The van der Waals surface area contributed by atoms with Crippen molar-refractivity contribution in [2.75, 3.05) is 27.3 Å². The summed E-state index contributed by atoms with van der Waals surface area (Å²) in [6.07, 6.45) is 0.853. The summed E-state index contributed by atoms with van der Waals surface area (Å²) < 4.78 is 16.5. The maximum Gasteiger partial charge on any atom is 0.319 e. The Labute approximate surface area is 160 Å². The average Bonchev–Trinajstić information content (AvgIpc) is 2.43. The number of methoxy groups -OCH3 is 1. The molecule has 6 nitrogen and oxygen atoms in total. The van der Waals surface area contributed by atoms with Gasteiger partial charge in [-0.15, -0.1) is 0 Å². The van der Waals surface area contributed by atoms with Gasteiger partial charge in [0.25, 0.3) is 0 Å². The van der Waals surface area contributed by atoms with Crippen molar-refractivity contribution in [3.63, 3.8) is 0 Å². The number of nitrogens with zero attached hydrogens (tertiary/aromatic N) is 1. The number of esters is 2. The van der Waals surface area contributed by atoms with Crippen molar-refractivity contribution < 1.29 is 23.5 Å². The molecule has 0 aromatic heterocycles. The predicted octanol–water partition coefficient (Wildman–Crippen LogP) is 3.60. The van der Waals surface area contributed by atoms with Crippen LogP contribution in [0.4, 0.5) is 0 Å². The molecule has 0 spiro atoms. The fraction of sp³-hybridized carbons (Fsp3) is 0.895. The Hall–Kier alpha value is -0.923. The number of hydrogen-bond acceptors (Lipinski definition) is 6. The molecule has 0 unspecified atom stereocenters. The topological polar surface area (TPSA) is 65.1 Å². The van der Waals surface area contributed by atoms with Gasteiger partial charge < -0.3 is 13.9 Å². The van der Waals surface area contributed by atoms with Crippen LogP contribution in [0.15, 0.2) is 0 Å². The number of carbonyl (C=O) groups excluding carboxylic acids is 2. The van der Waals surface area contributed by atoms with E-state index in [9.17, 15) is 9.59 Å². The minimum absolute atomic E-state index is 0.0595. The van der Waals surface area contributed by atoms with Crippen molar-refractivity contribution >= 4 is 20.3 Å². The molecule has 0 N–H and O–H groups in total. The number of hydrogen-bond donors (Lipinski definition) is 0. The molecule has 0 aliphatic rings. The van der Waals surface area contributed by atoms with E-state index in [1.165, 1.54) is 7.11 Å². The molecule has 0 amide bonds. The van der Waals surface area contributed by atoms with E-state index in [2.05, 4.69) is 33.9 Å². The van der Waals surface area contributed by atoms with Crippen molar-refractivity contribution in [3.05, 3.63) is 0 Å². The third kappa shape index (κ3) is 9.69. The fourth-order valence-electron chi connectivity index (χ4n) is 2.03. The molecular formula is C19H39NO5Si. The zero-order valence-corrected chi connectivity index (χ0v) is 19.4. The van der Waals surface area contributed by atoms with Gasteiger partial charge in [-0.25, -0.2) is 0 Å². The molecule has 0 aliphatic carbocycles. The Morgan fingerprint density at radius 1 is 1.04 bits per heavy atom. The molecule has 0 radical (unpaired) electrons. The Morgan fingerprint density at radius 3 is 2.00 bits per heavy atom. The normalized spacial score (nSPS) is 14.3. The summed E-state index contributed by atoms with van der Waals surface area (Å²) in [7, 11) is 1.31. The van der Waals surface area contributed by atoms with Crippen molar-refractivity contribution in [2.45, 2.75) is 84.2 Å². The van der Waals surface area contributed by atoms with Crippen LogP contribution in [0.2, 0.25) is 18.1 Å². The Bertz CT molecular complexity index is 466. The highest BCUT2D eigenvalue weighted by atomic mass is 28.4. The van der Waals surface area contributed by atoms with E-state index in [1.807, 2.05) is 32.7 Å². The summed E-state index contributed by atoms with van der Waals surface area (Å²) in [5.74, 6) is -0.539. The second-order valence-electron chi connectivity index (χ2n) is 9.34. The quantitative estimate of drug-likeness (QED) is 0.443. The number of rotatable bonds is 9. The first kappa shape index (κ1) is 25.1. The first-order chi connectivity index (χ1) is 11.6. The Kier molecular flexibility index (Phi) is 9.50. The highest BCUT2D eigenvalue weighted by molar-refractivity contribution is 6.74. The number of likely N-dealkylation sites (N-methyl/N-ethyl adjacent to an activating group) is 1. The van der Waals surface area contributed by atoms with E-state index < -0.39 is 13.9 Å². The van der Waals surface area contributed by atoms with Crippen LogP contribution in [0.5, 0.6) is 0 Å². The average molecular weight is 390 g/mol. The van der Waals surface area contributed by atoms with E-state index >= 15 is 0 Å². The molecule has 0 saturated carbocycles. The molecule has 7 heteroatoms. The van der Waals surface area contributed by atoms with Crippen LogP contribution in [0, 0.1) is 0 Å². The van der Waals surface area contributed by atoms with E-state index in [0.717, 1.165) is 0 Å². The van der Waals surface area contributed by atoms with Crippen LogP contribution in [0.25, 0.3) is 0 Å². The maximum absolute atomic E-state index is 12.1. The smallest absolute Gasteiger partial charge is 0.319 e. The minimum atomic E-state index is -1.92. The SMILES string of the molecule is COC(=O)CN(C)[C@@H](CCC(=O)OC(C)(C)C)CO[Si](C)(C)C(C)(C)C. The third-order valence-corrected chi connectivity index (χ3v) is 9.27. The van der Waals surface area contributed by atoms with Gasteiger partial charge in [-0.1, -0.05) is 20.8 Å². The molecule has 0 aromatic carbocycles. The molecule has 0 aromatic rings. The summed E-state index contributed by atoms with van der Waals surface area (Å²) in [4.78, 5) is 25.6. The van der Waals surface area contributed by atoms with Crippen molar-refractivity contribution in [2.24, 2.45) is 0 Å². The van der Waals surface area contributed by atoms with Crippen LogP contribution in [0.3, 0.4) is 0 Å². The van der Waals surface area contributed by atoms with Gasteiger partial charge in [-0.05, 0) is 52.4 Å². The first-order valence-electron chi connectivity index (χ1n) is 9.22. The third-order valence-electron chi connectivity index (χ3n) is 4.77. The van der Waals surface area contributed by atoms with Gasteiger partial charge in [0, 0.05) is 19.1 Å². The maximum atomic E-state index is 12.1. The summed E-state index contributed by atoms with van der Waals surface area (Å²) in [5.41, 5.74) is -0.498. The van der Waals surface area contributed by atoms with E-state index in [-0.39, 0.29) is 36.0 Å². The van der Waals surface area contributed by atoms with Crippen LogP contribution in [0.1, 0.15) is 54.4 Å². The Morgan fingerprint density at radius 2 is 1.58 bits per heavy atom. The molecule has 154 valence electrons. The fourth-order valence-corrected chi connectivity index (χ4v) is 3.07. The summed E-state index contributed by atoms with van der Waals surface area (Å²) in [6, 6.07) is -0.0595. The standard InChI is InChI=1S/C19H39NO5Si/c1-18(2,3)25-16(21)12-11-15(20(7)13-17(22)23-8)14-24-26(9,10)19(4,5)6/h15H,11-14H2,1-10H3/t15-/m0/s1. The molecule has 0 aliphatic heterocycles. The highest BCUT2D eigenvalue weighted by Gasteiger charge is 2.38. The predicted molar refractivity (Wildman–Crippen MR) is 107 cm³/mol. The van der Waals surface area contributed by atoms with Gasteiger partial charge in [0.1, 0.15) is 5.60 Å². The highest BCUT2D eigenvalue weighted by Crippen LogP contribution is 2.36. The van der Waals surface area contributed by atoms with Crippen molar-refractivity contribution in [3.8, 4) is 0 Å². The van der Waals surface area contributed by atoms with Gasteiger partial charge >= 0.3 is 11.9 Å². The second-order valence-corrected chi connectivity index (χ2v) is 14.2. The summed E-state index contributed by atoms with van der Waals surface area (Å²) in [6.45, 7) is 17.2. The van der Waals surface area contributed by atoms with Gasteiger partial charge in [0.2, 0.25) is 0 Å².